The fraction of sp³-hybridized carbons (Fsp3) is 0.579. The zero-order valence-corrected chi connectivity index (χ0v) is 14.3. The second-order valence-electron chi connectivity index (χ2n) is 6.70. The Morgan fingerprint density at radius 1 is 1.29 bits per heavy atom. The van der Waals surface area contributed by atoms with Crippen LogP contribution in [0.3, 0.4) is 0 Å². The number of anilines is 2. The van der Waals surface area contributed by atoms with E-state index >= 15 is 0 Å². The Balaban J connectivity index is 1.62. The van der Waals surface area contributed by atoms with Gasteiger partial charge in [-0.1, -0.05) is 32.3 Å². The van der Waals surface area contributed by atoms with E-state index in [-0.39, 0.29) is 17.9 Å². The molecular formula is C19H26N2O3. The molecule has 5 nitrogen and oxygen atoms in total. The highest BCUT2D eigenvalue weighted by atomic mass is 16.5. The minimum absolute atomic E-state index is 0.0260. The molecule has 1 aliphatic heterocycles. The molecule has 130 valence electrons. The van der Waals surface area contributed by atoms with Gasteiger partial charge in [-0.05, 0) is 43.4 Å². The van der Waals surface area contributed by atoms with E-state index in [1.807, 2.05) is 25.1 Å². The fourth-order valence-electron chi connectivity index (χ4n) is 3.45. The van der Waals surface area contributed by atoms with Crippen molar-refractivity contribution >= 4 is 23.2 Å². The van der Waals surface area contributed by atoms with Crippen LogP contribution in [-0.2, 0) is 20.7 Å². The summed E-state index contributed by atoms with van der Waals surface area (Å²) in [4.78, 5) is 24.0. The Morgan fingerprint density at radius 2 is 2.08 bits per heavy atom. The normalized spacial score (nSPS) is 19.3. The molecule has 0 saturated heterocycles. The number of hydrogen-bond donors (Lipinski definition) is 2. The predicted molar refractivity (Wildman–Crippen MR) is 94.1 cm³/mol. The summed E-state index contributed by atoms with van der Waals surface area (Å²) in [6, 6.07) is 5.69. The molecular weight excluding hydrogens is 304 g/mol. The van der Waals surface area contributed by atoms with Crippen molar-refractivity contribution in [3.05, 3.63) is 23.8 Å². The summed E-state index contributed by atoms with van der Waals surface area (Å²) < 4.78 is 6.02. The van der Waals surface area contributed by atoms with Crippen molar-refractivity contribution in [2.75, 3.05) is 10.6 Å². The number of amides is 2. The Labute approximate surface area is 143 Å². The molecule has 0 spiro atoms. The van der Waals surface area contributed by atoms with Gasteiger partial charge >= 0.3 is 0 Å². The van der Waals surface area contributed by atoms with Crippen LogP contribution in [0.2, 0.25) is 0 Å². The number of carbonyl (C=O) groups is 2. The van der Waals surface area contributed by atoms with Crippen LogP contribution in [0.5, 0.6) is 0 Å². The first-order valence-corrected chi connectivity index (χ1v) is 9.05. The molecule has 2 aliphatic rings. The van der Waals surface area contributed by atoms with Gasteiger partial charge in [0.25, 0.3) is 5.91 Å². The largest absolute Gasteiger partial charge is 0.365 e. The molecule has 0 aromatic heterocycles. The van der Waals surface area contributed by atoms with Crippen molar-refractivity contribution in [3.8, 4) is 0 Å². The van der Waals surface area contributed by atoms with E-state index in [0.29, 0.717) is 18.5 Å². The van der Waals surface area contributed by atoms with Crippen molar-refractivity contribution in [1.29, 1.82) is 0 Å². The first-order valence-electron chi connectivity index (χ1n) is 9.05. The minimum Gasteiger partial charge on any atom is -0.365 e. The molecule has 1 atom stereocenters. The summed E-state index contributed by atoms with van der Waals surface area (Å²) in [5.41, 5.74) is 2.61. The lowest BCUT2D eigenvalue weighted by Crippen LogP contribution is -2.34. The van der Waals surface area contributed by atoms with E-state index in [9.17, 15) is 9.59 Å². The highest BCUT2D eigenvalue weighted by molar-refractivity contribution is 5.97. The van der Waals surface area contributed by atoms with Crippen molar-refractivity contribution in [2.45, 2.75) is 70.5 Å². The van der Waals surface area contributed by atoms with Gasteiger partial charge in [-0.3, -0.25) is 9.59 Å². The first kappa shape index (κ1) is 17.0. The lowest BCUT2D eigenvalue weighted by molar-refractivity contribution is -0.132. The number of carbonyl (C=O) groups excluding carboxylic acids is 2. The van der Waals surface area contributed by atoms with Crippen molar-refractivity contribution in [1.82, 2.24) is 0 Å². The van der Waals surface area contributed by atoms with E-state index in [4.69, 9.17) is 4.74 Å². The molecule has 1 aliphatic carbocycles. The SMILES string of the molecule is CC[C@@H](OC1CCCCC1)C(=O)Nc1ccc2c(c1)NC(=O)CC2. The maximum atomic E-state index is 12.5. The number of fused-ring (bicyclic) bond motifs is 1. The maximum absolute atomic E-state index is 12.5. The number of rotatable bonds is 5. The average Bonchev–Trinajstić information content (AvgIpc) is 2.60. The highest BCUT2D eigenvalue weighted by Crippen LogP contribution is 2.27. The van der Waals surface area contributed by atoms with Crippen molar-refractivity contribution in [3.63, 3.8) is 0 Å². The molecule has 2 amide bonds. The van der Waals surface area contributed by atoms with Crippen LogP contribution >= 0.6 is 0 Å². The van der Waals surface area contributed by atoms with E-state index in [1.54, 1.807) is 0 Å². The van der Waals surface area contributed by atoms with Crippen LogP contribution in [-0.4, -0.2) is 24.0 Å². The molecule has 2 N–H and O–H groups in total. The first-order chi connectivity index (χ1) is 11.7. The van der Waals surface area contributed by atoms with Crippen LogP contribution in [0.4, 0.5) is 11.4 Å². The van der Waals surface area contributed by atoms with Gasteiger partial charge in [-0.15, -0.1) is 0 Å². The van der Waals surface area contributed by atoms with Gasteiger partial charge in [0, 0.05) is 17.8 Å². The van der Waals surface area contributed by atoms with Gasteiger partial charge in [-0.25, -0.2) is 0 Å². The van der Waals surface area contributed by atoms with Gasteiger partial charge in [0.15, 0.2) is 0 Å². The van der Waals surface area contributed by atoms with Crippen molar-refractivity contribution in [2.24, 2.45) is 0 Å². The smallest absolute Gasteiger partial charge is 0.253 e. The lowest BCUT2D eigenvalue weighted by Gasteiger charge is -2.26. The molecule has 0 unspecified atom stereocenters. The summed E-state index contributed by atoms with van der Waals surface area (Å²) in [6.07, 6.45) is 7.46. The maximum Gasteiger partial charge on any atom is 0.253 e. The molecule has 1 aromatic carbocycles. The van der Waals surface area contributed by atoms with Gasteiger partial charge in [0.1, 0.15) is 6.10 Å². The lowest BCUT2D eigenvalue weighted by atomic mass is 9.97. The van der Waals surface area contributed by atoms with Gasteiger partial charge in [-0.2, -0.15) is 0 Å². The summed E-state index contributed by atoms with van der Waals surface area (Å²) in [7, 11) is 0. The molecule has 1 heterocycles. The quantitative estimate of drug-likeness (QED) is 0.866. The molecule has 1 saturated carbocycles. The molecule has 3 rings (SSSR count). The van der Waals surface area contributed by atoms with Gasteiger partial charge < -0.3 is 15.4 Å². The fourth-order valence-corrected chi connectivity index (χ4v) is 3.45. The van der Waals surface area contributed by atoms with Crippen LogP contribution < -0.4 is 10.6 Å². The monoisotopic (exact) mass is 330 g/mol. The van der Waals surface area contributed by atoms with E-state index in [2.05, 4.69) is 10.6 Å². The van der Waals surface area contributed by atoms with E-state index in [0.717, 1.165) is 30.5 Å². The molecule has 5 heteroatoms. The van der Waals surface area contributed by atoms with E-state index in [1.165, 1.54) is 19.3 Å². The Bertz CT molecular complexity index is 609. The topological polar surface area (TPSA) is 67.4 Å². The number of hydrogen-bond acceptors (Lipinski definition) is 3. The third kappa shape index (κ3) is 4.15. The summed E-state index contributed by atoms with van der Waals surface area (Å²) in [5, 5.41) is 5.79. The second kappa shape index (κ2) is 7.79. The molecule has 1 fully saturated rings. The second-order valence-corrected chi connectivity index (χ2v) is 6.70. The zero-order chi connectivity index (χ0) is 16.9. The number of benzene rings is 1. The summed E-state index contributed by atoms with van der Waals surface area (Å²) in [5.74, 6) is -0.0804. The standard InChI is InChI=1S/C19H26N2O3/c1-2-17(24-15-6-4-3-5-7-15)19(23)20-14-10-8-13-9-11-18(22)21-16(13)12-14/h8,10,12,15,17H,2-7,9,11H2,1H3,(H,20,23)(H,21,22)/t17-/m1/s1. The highest BCUT2D eigenvalue weighted by Gasteiger charge is 2.24. The van der Waals surface area contributed by atoms with Crippen molar-refractivity contribution < 1.29 is 14.3 Å². The average molecular weight is 330 g/mol. The predicted octanol–water partition coefficient (Wildman–Crippen LogP) is 3.64. The summed E-state index contributed by atoms with van der Waals surface area (Å²) >= 11 is 0. The van der Waals surface area contributed by atoms with Crippen LogP contribution in [0, 0.1) is 0 Å². The number of nitrogens with one attached hydrogen (secondary N) is 2. The molecule has 1 aromatic rings. The third-order valence-corrected chi connectivity index (χ3v) is 4.85. The van der Waals surface area contributed by atoms with Crippen LogP contribution in [0.15, 0.2) is 18.2 Å². The number of aryl methyl sites for hydroxylation is 1. The molecule has 0 radical (unpaired) electrons. The summed E-state index contributed by atoms with van der Waals surface area (Å²) in [6.45, 7) is 1.97. The zero-order valence-electron chi connectivity index (χ0n) is 14.3. The minimum atomic E-state index is -0.418. The third-order valence-electron chi connectivity index (χ3n) is 4.85. The Kier molecular flexibility index (Phi) is 5.51. The van der Waals surface area contributed by atoms with Crippen LogP contribution in [0.1, 0.15) is 57.4 Å². The molecule has 0 bridgehead atoms. The van der Waals surface area contributed by atoms with Gasteiger partial charge in [0.05, 0.1) is 6.10 Å². The van der Waals surface area contributed by atoms with Crippen LogP contribution in [0.25, 0.3) is 0 Å². The van der Waals surface area contributed by atoms with Gasteiger partial charge in [0.2, 0.25) is 5.91 Å². The Morgan fingerprint density at radius 3 is 2.83 bits per heavy atom. The Hall–Kier alpha value is -1.88. The van der Waals surface area contributed by atoms with E-state index < -0.39 is 6.10 Å². The molecule has 24 heavy (non-hydrogen) atoms. The number of ether oxygens (including phenoxy) is 1.